The van der Waals surface area contributed by atoms with Crippen molar-refractivity contribution in [3.8, 4) is 0 Å². The quantitative estimate of drug-likeness (QED) is 0.773. The molecule has 2 unspecified atom stereocenters. The summed E-state index contributed by atoms with van der Waals surface area (Å²) >= 11 is 0. The molecule has 0 spiro atoms. The minimum absolute atomic E-state index is 0.0549. The second-order valence-corrected chi connectivity index (χ2v) is 3.88. The molecule has 4 heteroatoms. The minimum Gasteiger partial charge on any atom is -0.335 e. The first-order chi connectivity index (χ1) is 7.20. The maximum atomic E-state index is 11.7. The molecule has 2 N–H and O–H groups in total. The highest BCUT2D eigenvalue weighted by Crippen LogP contribution is 2.24. The molecule has 0 aliphatic carbocycles. The van der Waals surface area contributed by atoms with Gasteiger partial charge in [-0.15, -0.1) is 0 Å². The number of nitrogens with zero attached hydrogens (tertiary/aromatic N) is 2. The van der Waals surface area contributed by atoms with Crippen LogP contribution in [-0.2, 0) is 4.79 Å². The topological polar surface area (TPSA) is 59.2 Å². The van der Waals surface area contributed by atoms with E-state index in [0.29, 0.717) is 0 Å². The van der Waals surface area contributed by atoms with Crippen molar-refractivity contribution in [1.29, 1.82) is 0 Å². The maximum absolute atomic E-state index is 11.7. The van der Waals surface area contributed by atoms with Gasteiger partial charge in [0.2, 0.25) is 5.91 Å². The molecule has 0 saturated carbocycles. The standard InChI is InChI=1S/C11H15N3O/c1-8(9-2-5-13-6-3-9)14-7-4-10(12)11(14)15/h2-3,5-6,8,10H,4,7,12H2,1H3. The Hall–Kier alpha value is -1.42. The third-order valence-electron chi connectivity index (χ3n) is 2.94. The largest absolute Gasteiger partial charge is 0.335 e. The summed E-state index contributed by atoms with van der Waals surface area (Å²) in [5, 5.41) is 0. The number of aromatic nitrogens is 1. The molecule has 1 aliphatic heterocycles. The highest BCUT2D eigenvalue weighted by atomic mass is 16.2. The van der Waals surface area contributed by atoms with Crippen LogP contribution in [0.25, 0.3) is 0 Å². The highest BCUT2D eigenvalue weighted by molar-refractivity contribution is 5.84. The lowest BCUT2D eigenvalue weighted by atomic mass is 10.1. The summed E-state index contributed by atoms with van der Waals surface area (Å²) in [6.07, 6.45) is 4.24. The molecule has 4 nitrogen and oxygen atoms in total. The summed E-state index contributed by atoms with van der Waals surface area (Å²) in [7, 11) is 0. The molecule has 80 valence electrons. The van der Waals surface area contributed by atoms with Gasteiger partial charge in [0.25, 0.3) is 0 Å². The Bertz CT molecular complexity index is 352. The van der Waals surface area contributed by atoms with Crippen LogP contribution in [0.4, 0.5) is 0 Å². The lowest BCUT2D eigenvalue weighted by Gasteiger charge is -2.24. The average molecular weight is 205 g/mol. The van der Waals surface area contributed by atoms with Gasteiger partial charge in [0.1, 0.15) is 0 Å². The number of nitrogens with two attached hydrogens (primary N) is 1. The van der Waals surface area contributed by atoms with Crippen molar-refractivity contribution in [2.75, 3.05) is 6.54 Å². The van der Waals surface area contributed by atoms with Gasteiger partial charge in [-0.1, -0.05) is 0 Å². The van der Waals surface area contributed by atoms with Gasteiger partial charge in [-0.25, -0.2) is 0 Å². The maximum Gasteiger partial charge on any atom is 0.240 e. The Morgan fingerprint density at radius 3 is 2.73 bits per heavy atom. The SMILES string of the molecule is CC(c1ccncc1)N1CCC(N)C1=O. The van der Waals surface area contributed by atoms with Gasteiger partial charge in [0, 0.05) is 18.9 Å². The number of hydrogen-bond acceptors (Lipinski definition) is 3. The summed E-state index contributed by atoms with van der Waals surface area (Å²) in [4.78, 5) is 17.5. The Morgan fingerprint density at radius 2 is 2.20 bits per heavy atom. The van der Waals surface area contributed by atoms with E-state index in [-0.39, 0.29) is 18.0 Å². The molecular weight excluding hydrogens is 190 g/mol. The molecule has 1 fully saturated rings. The van der Waals surface area contributed by atoms with E-state index in [4.69, 9.17) is 5.73 Å². The second-order valence-electron chi connectivity index (χ2n) is 3.88. The fourth-order valence-electron chi connectivity index (χ4n) is 1.93. The molecule has 1 aromatic heterocycles. The first-order valence-electron chi connectivity index (χ1n) is 5.16. The molecule has 0 bridgehead atoms. The number of carbonyl (C=O) groups excluding carboxylic acids is 1. The molecule has 2 atom stereocenters. The molecular formula is C11H15N3O. The predicted octanol–water partition coefficient (Wildman–Crippen LogP) is 0.702. The van der Waals surface area contributed by atoms with E-state index in [9.17, 15) is 4.79 Å². The number of carbonyl (C=O) groups is 1. The Labute approximate surface area is 89.1 Å². The van der Waals surface area contributed by atoms with E-state index in [1.165, 1.54) is 0 Å². The number of pyridine rings is 1. The van der Waals surface area contributed by atoms with Gasteiger partial charge >= 0.3 is 0 Å². The van der Waals surface area contributed by atoms with Crippen LogP contribution < -0.4 is 5.73 Å². The smallest absolute Gasteiger partial charge is 0.240 e. The molecule has 1 aliphatic rings. The van der Waals surface area contributed by atoms with Crippen LogP contribution in [0.3, 0.4) is 0 Å². The van der Waals surface area contributed by atoms with Crippen molar-refractivity contribution in [3.05, 3.63) is 30.1 Å². The Balaban J connectivity index is 2.16. The van der Waals surface area contributed by atoms with Crippen LogP contribution in [0, 0.1) is 0 Å². The fraction of sp³-hybridized carbons (Fsp3) is 0.455. The molecule has 1 amide bonds. The summed E-state index contributed by atoms with van der Waals surface area (Å²) in [6, 6.07) is 3.65. The predicted molar refractivity (Wildman–Crippen MR) is 57.0 cm³/mol. The van der Waals surface area contributed by atoms with Crippen LogP contribution in [0.5, 0.6) is 0 Å². The van der Waals surface area contributed by atoms with Crippen LogP contribution >= 0.6 is 0 Å². The molecule has 15 heavy (non-hydrogen) atoms. The Kier molecular flexibility index (Phi) is 2.68. The summed E-state index contributed by atoms with van der Waals surface area (Å²) in [5.74, 6) is 0.0549. The lowest BCUT2D eigenvalue weighted by molar-refractivity contribution is -0.130. The van der Waals surface area contributed by atoms with Crippen LogP contribution in [0.1, 0.15) is 24.9 Å². The van der Waals surface area contributed by atoms with E-state index in [1.54, 1.807) is 12.4 Å². The van der Waals surface area contributed by atoms with Gasteiger partial charge < -0.3 is 10.6 Å². The fourth-order valence-corrected chi connectivity index (χ4v) is 1.93. The summed E-state index contributed by atoms with van der Waals surface area (Å²) in [6.45, 7) is 2.77. The third-order valence-corrected chi connectivity index (χ3v) is 2.94. The van der Waals surface area contributed by atoms with Crippen LogP contribution in [-0.4, -0.2) is 28.4 Å². The van der Waals surface area contributed by atoms with Gasteiger partial charge in [0.15, 0.2) is 0 Å². The molecule has 1 saturated heterocycles. The van der Waals surface area contributed by atoms with Crippen molar-refractivity contribution in [1.82, 2.24) is 9.88 Å². The van der Waals surface area contributed by atoms with E-state index in [2.05, 4.69) is 4.98 Å². The number of hydrogen-bond donors (Lipinski definition) is 1. The molecule has 0 radical (unpaired) electrons. The number of likely N-dealkylation sites (tertiary alicyclic amines) is 1. The zero-order valence-electron chi connectivity index (χ0n) is 8.76. The molecule has 1 aromatic rings. The molecule has 0 aromatic carbocycles. The first-order valence-corrected chi connectivity index (χ1v) is 5.16. The number of rotatable bonds is 2. The number of amides is 1. The van der Waals surface area contributed by atoms with Crippen molar-refractivity contribution < 1.29 is 4.79 Å². The minimum atomic E-state index is -0.311. The third kappa shape index (κ3) is 1.85. The summed E-state index contributed by atoms with van der Waals surface area (Å²) < 4.78 is 0. The molecule has 2 rings (SSSR count). The van der Waals surface area contributed by atoms with Gasteiger partial charge in [-0.2, -0.15) is 0 Å². The van der Waals surface area contributed by atoms with Crippen molar-refractivity contribution in [3.63, 3.8) is 0 Å². The van der Waals surface area contributed by atoms with Gasteiger partial charge in [-0.05, 0) is 31.0 Å². The van der Waals surface area contributed by atoms with E-state index >= 15 is 0 Å². The lowest BCUT2D eigenvalue weighted by Crippen LogP contribution is -2.35. The highest BCUT2D eigenvalue weighted by Gasteiger charge is 2.32. The summed E-state index contributed by atoms with van der Waals surface area (Å²) in [5.41, 5.74) is 6.79. The average Bonchev–Trinajstić information content (AvgIpc) is 2.60. The Morgan fingerprint density at radius 1 is 1.53 bits per heavy atom. The van der Waals surface area contributed by atoms with Gasteiger partial charge in [-0.3, -0.25) is 9.78 Å². The zero-order chi connectivity index (χ0) is 10.8. The van der Waals surface area contributed by atoms with Crippen molar-refractivity contribution in [2.24, 2.45) is 5.73 Å². The van der Waals surface area contributed by atoms with E-state index in [0.717, 1.165) is 18.5 Å². The van der Waals surface area contributed by atoms with E-state index < -0.39 is 0 Å². The second kappa shape index (κ2) is 3.98. The van der Waals surface area contributed by atoms with Crippen LogP contribution in [0.2, 0.25) is 0 Å². The van der Waals surface area contributed by atoms with Gasteiger partial charge in [0.05, 0.1) is 12.1 Å². The monoisotopic (exact) mass is 205 g/mol. The van der Waals surface area contributed by atoms with Crippen LogP contribution in [0.15, 0.2) is 24.5 Å². The van der Waals surface area contributed by atoms with Crippen molar-refractivity contribution in [2.45, 2.75) is 25.4 Å². The first kappa shape index (κ1) is 10.1. The van der Waals surface area contributed by atoms with Crippen molar-refractivity contribution >= 4 is 5.91 Å². The zero-order valence-corrected chi connectivity index (χ0v) is 8.76. The normalized spacial score (nSPS) is 23.2. The van der Waals surface area contributed by atoms with E-state index in [1.807, 2.05) is 24.0 Å². The molecule has 2 heterocycles.